The third-order valence-corrected chi connectivity index (χ3v) is 2.49. The van der Waals surface area contributed by atoms with E-state index < -0.39 is 0 Å². The summed E-state index contributed by atoms with van der Waals surface area (Å²) in [6.07, 6.45) is 0. The molecule has 1 aromatic carbocycles. The summed E-state index contributed by atoms with van der Waals surface area (Å²) < 4.78 is 0. The van der Waals surface area contributed by atoms with Gasteiger partial charge in [0.1, 0.15) is 0 Å². The molecule has 1 saturated heterocycles. The molecule has 2 heteroatoms. The van der Waals surface area contributed by atoms with Gasteiger partial charge in [0.2, 0.25) is 0 Å². The van der Waals surface area contributed by atoms with Gasteiger partial charge >= 0.3 is 0 Å². The van der Waals surface area contributed by atoms with Crippen LogP contribution in [0.4, 0.5) is 0 Å². The molecule has 0 bridgehead atoms. The van der Waals surface area contributed by atoms with Crippen molar-refractivity contribution in [2.45, 2.75) is 12.0 Å². The van der Waals surface area contributed by atoms with Crippen LogP contribution >= 0.6 is 0 Å². The lowest BCUT2D eigenvalue weighted by molar-refractivity contribution is 0.653. The molecule has 1 aromatic rings. The molecule has 1 fully saturated rings. The van der Waals surface area contributed by atoms with Crippen LogP contribution in [0.15, 0.2) is 30.3 Å². The Bertz CT molecular complexity index is 245. The summed E-state index contributed by atoms with van der Waals surface area (Å²) in [6.45, 7) is 1.96. The van der Waals surface area contributed by atoms with E-state index in [1.807, 2.05) is 6.07 Å². The Morgan fingerprint density at radius 2 is 1.92 bits per heavy atom. The average Bonchev–Trinajstić information content (AvgIpc) is 2.53. The van der Waals surface area contributed by atoms with Crippen molar-refractivity contribution in [1.29, 1.82) is 0 Å². The standard InChI is InChI=1S/C10H14N2/c11-10-7-12-6-9(10)8-4-2-1-3-5-8/h1-5,9-10,12H,6-7,11H2. The highest BCUT2D eigenvalue weighted by molar-refractivity contribution is 5.23. The van der Waals surface area contributed by atoms with E-state index in [0.717, 1.165) is 13.1 Å². The van der Waals surface area contributed by atoms with Crippen LogP contribution in [0.3, 0.4) is 0 Å². The van der Waals surface area contributed by atoms with E-state index in [9.17, 15) is 0 Å². The molecule has 3 N–H and O–H groups in total. The van der Waals surface area contributed by atoms with Gasteiger partial charge in [0, 0.05) is 25.0 Å². The van der Waals surface area contributed by atoms with Crippen LogP contribution in [0.1, 0.15) is 11.5 Å². The molecule has 0 amide bonds. The smallest absolute Gasteiger partial charge is 0.0247 e. The van der Waals surface area contributed by atoms with Gasteiger partial charge in [0.25, 0.3) is 0 Å². The topological polar surface area (TPSA) is 38.0 Å². The Balaban J connectivity index is 2.19. The molecule has 2 rings (SSSR count). The lowest BCUT2D eigenvalue weighted by Crippen LogP contribution is -2.27. The molecule has 2 nitrogen and oxygen atoms in total. The minimum absolute atomic E-state index is 0.285. The minimum Gasteiger partial charge on any atom is -0.326 e. The van der Waals surface area contributed by atoms with Crippen LogP contribution in [-0.4, -0.2) is 19.1 Å². The molecular weight excluding hydrogens is 148 g/mol. The Kier molecular flexibility index (Phi) is 2.11. The van der Waals surface area contributed by atoms with Crippen molar-refractivity contribution < 1.29 is 0 Å². The fourth-order valence-corrected chi connectivity index (χ4v) is 1.76. The maximum absolute atomic E-state index is 5.95. The normalized spacial score (nSPS) is 29.1. The molecule has 2 atom stereocenters. The third kappa shape index (κ3) is 1.36. The first-order chi connectivity index (χ1) is 5.88. The fraction of sp³-hybridized carbons (Fsp3) is 0.400. The molecular formula is C10H14N2. The second-order valence-corrected chi connectivity index (χ2v) is 3.34. The van der Waals surface area contributed by atoms with E-state index in [1.54, 1.807) is 0 Å². The molecule has 1 aliphatic heterocycles. The van der Waals surface area contributed by atoms with Crippen molar-refractivity contribution in [1.82, 2.24) is 5.32 Å². The summed E-state index contributed by atoms with van der Waals surface area (Å²) in [5.74, 6) is 0.506. The van der Waals surface area contributed by atoms with E-state index in [0.29, 0.717) is 5.92 Å². The molecule has 0 aliphatic carbocycles. The predicted octanol–water partition coefficient (Wildman–Crippen LogP) is 0.701. The molecule has 12 heavy (non-hydrogen) atoms. The molecule has 0 saturated carbocycles. The zero-order valence-electron chi connectivity index (χ0n) is 7.03. The maximum atomic E-state index is 5.95. The van der Waals surface area contributed by atoms with Gasteiger partial charge in [0.05, 0.1) is 0 Å². The SMILES string of the molecule is NC1CNCC1c1ccccc1. The van der Waals surface area contributed by atoms with Crippen molar-refractivity contribution in [2.75, 3.05) is 13.1 Å². The summed E-state index contributed by atoms with van der Waals surface area (Å²) in [5, 5.41) is 3.30. The van der Waals surface area contributed by atoms with Gasteiger partial charge in [0.15, 0.2) is 0 Å². The van der Waals surface area contributed by atoms with E-state index in [4.69, 9.17) is 5.73 Å². The summed E-state index contributed by atoms with van der Waals surface area (Å²) in [4.78, 5) is 0. The molecule has 0 spiro atoms. The van der Waals surface area contributed by atoms with Crippen molar-refractivity contribution >= 4 is 0 Å². The van der Waals surface area contributed by atoms with Gasteiger partial charge in [-0.25, -0.2) is 0 Å². The first-order valence-corrected chi connectivity index (χ1v) is 4.39. The van der Waals surface area contributed by atoms with Gasteiger partial charge in [-0.3, -0.25) is 0 Å². The number of hydrogen-bond acceptors (Lipinski definition) is 2. The summed E-state index contributed by atoms with van der Waals surface area (Å²) in [5.41, 5.74) is 7.30. The molecule has 0 radical (unpaired) electrons. The zero-order chi connectivity index (χ0) is 8.39. The number of hydrogen-bond donors (Lipinski definition) is 2. The Hall–Kier alpha value is -0.860. The van der Waals surface area contributed by atoms with Crippen molar-refractivity contribution in [3.63, 3.8) is 0 Å². The van der Waals surface area contributed by atoms with Crippen molar-refractivity contribution in [3.8, 4) is 0 Å². The van der Waals surface area contributed by atoms with E-state index in [1.165, 1.54) is 5.56 Å². The van der Waals surface area contributed by atoms with E-state index in [-0.39, 0.29) is 6.04 Å². The van der Waals surface area contributed by atoms with Crippen LogP contribution < -0.4 is 11.1 Å². The van der Waals surface area contributed by atoms with Gasteiger partial charge in [-0.15, -0.1) is 0 Å². The number of nitrogens with one attached hydrogen (secondary N) is 1. The first-order valence-electron chi connectivity index (χ1n) is 4.39. The second-order valence-electron chi connectivity index (χ2n) is 3.34. The number of benzene rings is 1. The summed E-state index contributed by atoms with van der Waals surface area (Å²) in [6, 6.07) is 10.8. The lowest BCUT2D eigenvalue weighted by atomic mass is 9.95. The van der Waals surface area contributed by atoms with E-state index >= 15 is 0 Å². The number of rotatable bonds is 1. The Morgan fingerprint density at radius 1 is 1.17 bits per heavy atom. The lowest BCUT2D eigenvalue weighted by Gasteiger charge is -2.13. The highest BCUT2D eigenvalue weighted by atomic mass is 15.0. The van der Waals surface area contributed by atoms with Crippen LogP contribution in [0.5, 0.6) is 0 Å². The van der Waals surface area contributed by atoms with Gasteiger partial charge in [-0.2, -0.15) is 0 Å². The Morgan fingerprint density at radius 3 is 2.50 bits per heavy atom. The van der Waals surface area contributed by atoms with Crippen LogP contribution in [-0.2, 0) is 0 Å². The minimum atomic E-state index is 0.285. The molecule has 64 valence electrons. The maximum Gasteiger partial charge on any atom is 0.0247 e. The second kappa shape index (κ2) is 3.25. The zero-order valence-corrected chi connectivity index (χ0v) is 7.03. The summed E-state index contributed by atoms with van der Waals surface area (Å²) in [7, 11) is 0. The highest BCUT2D eigenvalue weighted by Crippen LogP contribution is 2.20. The molecule has 1 aliphatic rings. The fourth-order valence-electron chi connectivity index (χ4n) is 1.76. The van der Waals surface area contributed by atoms with Gasteiger partial charge < -0.3 is 11.1 Å². The molecule has 1 heterocycles. The Labute approximate surface area is 72.8 Å². The molecule has 2 unspecified atom stereocenters. The predicted molar refractivity (Wildman–Crippen MR) is 50.0 cm³/mol. The third-order valence-electron chi connectivity index (χ3n) is 2.49. The van der Waals surface area contributed by atoms with Crippen LogP contribution in [0.25, 0.3) is 0 Å². The summed E-state index contributed by atoms with van der Waals surface area (Å²) >= 11 is 0. The highest BCUT2D eigenvalue weighted by Gasteiger charge is 2.24. The van der Waals surface area contributed by atoms with Gasteiger partial charge in [-0.1, -0.05) is 30.3 Å². The molecule has 0 aromatic heterocycles. The largest absolute Gasteiger partial charge is 0.326 e. The average molecular weight is 162 g/mol. The quantitative estimate of drug-likeness (QED) is 0.638. The first kappa shape index (κ1) is 7.77. The number of nitrogens with two attached hydrogens (primary N) is 1. The van der Waals surface area contributed by atoms with Crippen molar-refractivity contribution in [3.05, 3.63) is 35.9 Å². The van der Waals surface area contributed by atoms with Crippen molar-refractivity contribution in [2.24, 2.45) is 5.73 Å². The van der Waals surface area contributed by atoms with Gasteiger partial charge in [-0.05, 0) is 5.56 Å². The monoisotopic (exact) mass is 162 g/mol. The van der Waals surface area contributed by atoms with Crippen LogP contribution in [0, 0.1) is 0 Å². The van der Waals surface area contributed by atoms with Crippen LogP contribution in [0.2, 0.25) is 0 Å². The van der Waals surface area contributed by atoms with E-state index in [2.05, 4.69) is 29.6 Å².